The zero-order valence-corrected chi connectivity index (χ0v) is 11.0. The number of halogens is 1. The molecule has 0 aromatic carbocycles. The Morgan fingerprint density at radius 1 is 1.47 bits per heavy atom. The first-order valence-corrected chi connectivity index (χ1v) is 6.34. The third-order valence-corrected chi connectivity index (χ3v) is 2.55. The van der Waals surface area contributed by atoms with Gasteiger partial charge >= 0.3 is 5.97 Å². The number of rotatable bonds is 6. The van der Waals surface area contributed by atoms with E-state index in [2.05, 4.69) is 16.9 Å². The molecular weight excluding hydrogens is 240 g/mol. The number of aryl methyl sites for hydroxylation is 1. The van der Waals surface area contributed by atoms with E-state index in [0.29, 0.717) is 17.9 Å². The van der Waals surface area contributed by atoms with Crippen LogP contribution in [0.3, 0.4) is 0 Å². The highest BCUT2D eigenvalue weighted by Gasteiger charge is 2.14. The first-order chi connectivity index (χ1) is 8.22. The first-order valence-electron chi connectivity index (χ1n) is 5.80. The second kappa shape index (κ2) is 7.22. The average molecular weight is 257 g/mol. The Morgan fingerprint density at radius 3 is 2.82 bits per heavy atom. The molecule has 1 heterocycles. The summed E-state index contributed by atoms with van der Waals surface area (Å²) in [5.74, 6) is 0.510. The summed E-state index contributed by atoms with van der Waals surface area (Å²) < 4.78 is 4.91. The van der Waals surface area contributed by atoms with E-state index in [0.717, 1.165) is 25.1 Å². The first kappa shape index (κ1) is 13.9. The maximum atomic E-state index is 11.6. The van der Waals surface area contributed by atoms with Gasteiger partial charge < -0.3 is 4.74 Å². The van der Waals surface area contributed by atoms with Crippen molar-refractivity contribution >= 4 is 17.6 Å². The van der Waals surface area contributed by atoms with Crippen LogP contribution in [-0.4, -0.2) is 22.5 Å². The molecule has 0 N–H and O–H groups in total. The molecule has 0 bridgehead atoms. The summed E-state index contributed by atoms with van der Waals surface area (Å²) in [5, 5.41) is 0. The number of unbranched alkanes of at least 4 members (excludes halogenated alkanes) is 1. The van der Waals surface area contributed by atoms with Gasteiger partial charge in [0.2, 0.25) is 0 Å². The average Bonchev–Trinajstić information content (AvgIpc) is 2.36. The number of carbonyl (C=O) groups is 1. The van der Waals surface area contributed by atoms with Crippen molar-refractivity contribution in [2.24, 2.45) is 0 Å². The molecule has 1 rings (SSSR count). The van der Waals surface area contributed by atoms with E-state index in [1.807, 2.05) is 0 Å². The summed E-state index contributed by atoms with van der Waals surface area (Å²) in [6.07, 6.45) is 4.43. The quantitative estimate of drug-likeness (QED) is 0.580. The smallest absolute Gasteiger partial charge is 0.341 e. The van der Waals surface area contributed by atoms with Gasteiger partial charge in [-0.3, -0.25) is 0 Å². The minimum atomic E-state index is -0.412. The lowest BCUT2D eigenvalue weighted by atomic mass is 10.2. The molecule has 0 saturated carbocycles. The molecule has 94 valence electrons. The Hall–Kier alpha value is -1.16. The highest BCUT2D eigenvalue weighted by molar-refractivity contribution is 6.17. The van der Waals surface area contributed by atoms with Crippen molar-refractivity contribution in [2.75, 3.05) is 6.61 Å². The van der Waals surface area contributed by atoms with Crippen molar-refractivity contribution in [3.8, 4) is 0 Å². The van der Waals surface area contributed by atoms with Gasteiger partial charge in [0.1, 0.15) is 11.4 Å². The summed E-state index contributed by atoms with van der Waals surface area (Å²) in [7, 11) is 0. The fourth-order valence-electron chi connectivity index (χ4n) is 1.40. The Kier molecular flexibility index (Phi) is 5.91. The molecule has 1 aromatic heterocycles. The van der Waals surface area contributed by atoms with Gasteiger partial charge in [-0.1, -0.05) is 13.3 Å². The van der Waals surface area contributed by atoms with Crippen LogP contribution < -0.4 is 0 Å². The van der Waals surface area contributed by atoms with Gasteiger partial charge in [-0.25, -0.2) is 14.8 Å². The van der Waals surface area contributed by atoms with Crippen molar-refractivity contribution in [2.45, 2.75) is 39.0 Å². The Bertz CT molecular complexity index is 383. The van der Waals surface area contributed by atoms with Gasteiger partial charge in [0, 0.05) is 12.6 Å². The Labute approximate surface area is 106 Å². The van der Waals surface area contributed by atoms with E-state index in [9.17, 15) is 4.79 Å². The zero-order valence-electron chi connectivity index (χ0n) is 10.2. The van der Waals surface area contributed by atoms with Crippen LogP contribution in [0.5, 0.6) is 0 Å². The Balaban J connectivity index is 2.88. The molecule has 17 heavy (non-hydrogen) atoms. The molecule has 4 nitrogen and oxygen atoms in total. The summed E-state index contributed by atoms with van der Waals surface area (Å²) in [6, 6.07) is 0. The number of carbonyl (C=O) groups excluding carboxylic acids is 1. The number of ether oxygens (including phenoxy) is 1. The molecule has 0 aliphatic heterocycles. The number of esters is 1. The molecule has 0 saturated heterocycles. The van der Waals surface area contributed by atoms with E-state index >= 15 is 0 Å². The fraction of sp³-hybridized carbons (Fsp3) is 0.583. The van der Waals surface area contributed by atoms with Crippen LogP contribution in [0.25, 0.3) is 0 Å². The van der Waals surface area contributed by atoms with Crippen LogP contribution in [0.1, 0.15) is 48.6 Å². The van der Waals surface area contributed by atoms with Crippen molar-refractivity contribution < 1.29 is 9.53 Å². The van der Waals surface area contributed by atoms with Crippen molar-refractivity contribution in [1.82, 2.24) is 9.97 Å². The summed E-state index contributed by atoms with van der Waals surface area (Å²) in [6.45, 7) is 4.20. The molecular formula is C12H17ClN2O2. The standard InChI is InChI=1S/C12H17ClN2O2/c1-3-5-6-11-14-8-9(10(7-13)15-11)12(16)17-4-2/h8H,3-7H2,1-2H3. The van der Waals surface area contributed by atoms with Crippen LogP contribution in [0.2, 0.25) is 0 Å². The predicted molar refractivity (Wildman–Crippen MR) is 66.2 cm³/mol. The maximum Gasteiger partial charge on any atom is 0.341 e. The number of hydrogen-bond acceptors (Lipinski definition) is 4. The third kappa shape index (κ3) is 3.97. The molecule has 0 atom stereocenters. The molecule has 0 radical (unpaired) electrons. The van der Waals surface area contributed by atoms with Crippen LogP contribution in [0.15, 0.2) is 6.20 Å². The monoisotopic (exact) mass is 256 g/mol. The molecule has 0 amide bonds. The van der Waals surface area contributed by atoms with Crippen LogP contribution in [0.4, 0.5) is 0 Å². The number of nitrogens with zero attached hydrogens (tertiary/aromatic N) is 2. The van der Waals surface area contributed by atoms with Gasteiger partial charge in [-0.05, 0) is 13.3 Å². The van der Waals surface area contributed by atoms with Gasteiger partial charge in [0.15, 0.2) is 0 Å². The Morgan fingerprint density at radius 2 is 2.24 bits per heavy atom. The van der Waals surface area contributed by atoms with Gasteiger partial charge in [0.25, 0.3) is 0 Å². The van der Waals surface area contributed by atoms with Crippen molar-refractivity contribution in [3.63, 3.8) is 0 Å². The second-order valence-electron chi connectivity index (χ2n) is 3.60. The number of hydrogen-bond donors (Lipinski definition) is 0. The second-order valence-corrected chi connectivity index (χ2v) is 3.87. The maximum absolute atomic E-state index is 11.6. The minimum absolute atomic E-state index is 0.190. The fourth-order valence-corrected chi connectivity index (χ4v) is 1.60. The van der Waals surface area contributed by atoms with E-state index in [1.165, 1.54) is 6.20 Å². The predicted octanol–water partition coefficient (Wildman–Crippen LogP) is 2.73. The molecule has 0 unspecified atom stereocenters. The zero-order chi connectivity index (χ0) is 12.7. The molecule has 5 heteroatoms. The molecule has 0 fully saturated rings. The number of aromatic nitrogens is 2. The number of alkyl halides is 1. The van der Waals surface area contributed by atoms with Gasteiger partial charge in [-0.2, -0.15) is 0 Å². The largest absolute Gasteiger partial charge is 0.462 e. The molecule has 0 spiro atoms. The van der Waals surface area contributed by atoms with Crippen LogP contribution in [-0.2, 0) is 17.0 Å². The molecule has 1 aromatic rings. The third-order valence-electron chi connectivity index (χ3n) is 2.29. The highest BCUT2D eigenvalue weighted by atomic mass is 35.5. The molecule has 0 aliphatic carbocycles. The van der Waals surface area contributed by atoms with Crippen LogP contribution >= 0.6 is 11.6 Å². The van der Waals surface area contributed by atoms with Crippen LogP contribution in [0, 0.1) is 0 Å². The van der Waals surface area contributed by atoms with Gasteiger partial charge in [-0.15, -0.1) is 11.6 Å². The normalized spacial score (nSPS) is 10.3. The van der Waals surface area contributed by atoms with Crippen molar-refractivity contribution in [1.29, 1.82) is 0 Å². The summed E-state index contributed by atoms with van der Waals surface area (Å²) in [4.78, 5) is 20.0. The van der Waals surface area contributed by atoms with E-state index in [4.69, 9.17) is 16.3 Å². The SMILES string of the molecule is CCCCc1ncc(C(=O)OCC)c(CCl)n1. The molecule has 0 aliphatic rings. The lowest BCUT2D eigenvalue weighted by Gasteiger charge is -2.07. The lowest BCUT2D eigenvalue weighted by Crippen LogP contribution is -2.11. The van der Waals surface area contributed by atoms with Crippen molar-refractivity contribution in [3.05, 3.63) is 23.3 Å². The van der Waals surface area contributed by atoms with E-state index in [1.54, 1.807) is 6.92 Å². The topological polar surface area (TPSA) is 52.1 Å². The minimum Gasteiger partial charge on any atom is -0.462 e. The highest BCUT2D eigenvalue weighted by Crippen LogP contribution is 2.11. The summed E-state index contributed by atoms with van der Waals surface area (Å²) in [5.41, 5.74) is 0.910. The van der Waals surface area contributed by atoms with E-state index < -0.39 is 5.97 Å². The summed E-state index contributed by atoms with van der Waals surface area (Å²) >= 11 is 5.78. The van der Waals surface area contributed by atoms with Gasteiger partial charge in [0.05, 0.1) is 18.2 Å². The lowest BCUT2D eigenvalue weighted by molar-refractivity contribution is 0.0524. The van der Waals surface area contributed by atoms with E-state index in [-0.39, 0.29) is 5.88 Å².